The van der Waals surface area contributed by atoms with Gasteiger partial charge in [-0.1, -0.05) is 6.07 Å². The summed E-state index contributed by atoms with van der Waals surface area (Å²) in [6.45, 7) is 1.13. The van der Waals surface area contributed by atoms with Crippen molar-refractivity contribution in [3.05, 3.63) is 47.7 Å². The van der Waals surface area contributed by atoms with Gasteiger partial charge in [-0.25, -0.2) is 4.98 Å². The lowest BCUT2D eigenvalue weighted by molar-refractivity contribution is -0.274. The summed E-state index contributed by atoms with van der Waals surface area (Å²) in [7, 11) is 0. The lowest BCUT2D eigenvalue weighted by Gasteiger charge is -2.10. The quantitative estimate of drug-likeness (QED) is 0.938. The van der Waals surface area contributed by atoms with Gasteiger partial charge in [-0.05, 0) is 42.3 Å². The normalized spacial score (nSPS) is 13.4. The third kappa shape index (κ3) is 3.60. The van der Waals surface area contributed by atoms with Gasteiger partial charge in [-0.2, -0.15) is 0 Å². The summed E-state index contributed by atoms with van der Waals surface area (Å²) >= 11 is 0. The second-order valence-corrected chi connectivity index (χ2v) is 4.79. The van der Waals surface area contributed by atoms with Crippen molar-refractivity contribution in [2.45, 2.75) is 19.4 Å². The zero-order chi connectivity index (χ0) is 15.6. The molecule has 1 aromatic heterocycles. The smallest absolute Gasteiger partial charge is 0.487 e. The molecule has 2 aromatic rings. The number of rotatable bonds is 4. The van der Waals surface area contributed by atoms with E-state index in [1.54, 1.807) is 0 Å². The number of aromatic nitrogens is 1. The summed E-state index contributed by atoms with van der Waals surface area (Å²) in [4.78, 5) is 4.42. The van der Waals surface area contributed by atoms with Crippen molar-refractivity contribution in [3.8, 4) is 11.5 Å². The molecule has 0 spiro atoms. The zero-order valence-electron chi connectivity index (χ0n) is 11.5. The molecule has 0 fully saturated rings. The number of hydrogen-bond acceptors (Lipinski definition) is 4. The molecule has 1 aliphatic rings. The highest BCUT2D eigenvalue weighted by Crippen LogP contribution is 2.25. The summed E-state index contributed by atoms with van der Waals surface area (Å²) in [6.07, 6.45) is -3.73. The van der Waals surface area contributed by atoms with E-state index in [-0.39, 0.29) is 12.4 Å². The molecule has 1 aliphatic heterocycles. The molecule has 0 amide bonds. The van der Waals surface area contributed by atoms with Crippen LogP contribution in [0.1, 0.15) is 11.3 Å². The molecular weight excluding hydrogens is 297 g/mol. The number of hydrogen-bond donors (Lipinski definition) is 1. The highest BCUT2D eigenvalue weighted by Gasteiger charge is 2.30. The van der Waals surface area contributed by atoms with E-state index in [9.17, 15) is 13.2 Å². The van der Waals surface area contributed by atoms with Crippen molar-refractivity contribution in [3.63, 3.8) is 0 Å². The van der Waals surface area contributed by atoms with Crippen molar-refractivity contribution < 1.29 is 22.6 Å². The summed E-state index contributed by atoms with van der Waals surface area (Å²) in [6, 6.07) is 9.15. The van der Waals surface area contributed by atoms with Crippen molar-refractivity contribution in [2.75, 3.05) is 11.9 Å². The van der Waals surface area contributed by atoms with Gasteiger partial charge < -0.3 is 14.8 Å². The van der Waals surface area contributed by atoms with Crippen LogP contribution in [0.3, 0.4) is 0 Å². The minimum Gasteiger partial charge on any atom is -0.487 e. The lowest BCUT2D eigenvalue weighted by atomic mass is 10.2. The minimum atomic E-state index is -4.69. The van der Waals surface area contributed by atoms with E-state index in [2.05, 4.69) is 15.0 Å². The molecule has 0 aliphatic carbocycles. The molecule has 0 saturated heterocycles. The number of pyridine rings is 1. The second kappa shape index (κ2) is 5.75. The number of benzene rings is 1. The standard InChI is InChI=1S/C15H13F3N2O2/c16-15(17,18)22-13-5-3-12(4-6-13)21-9-11-2-1-10-7-8-19-14(10)20-11/h1-6H,7-9H2,(H,19,20). The molecule has 1 aromatic carbocycles. The number of nitrogens with zero attached hydrogens (tertiary/aromatic N) is 1. The zero-order valence-corrected chi connectivity index (χ0v) is 11.5. The van der Waals surface area contributed by atoms with Crippen LogP contribution < -0.4 is 14.8 Å². The fourth-order valence-corrected chi connectivity index (χ4v) is 2.17. The number of ether oxygens (including phenoxy) is 2. The van der Waals surface area contributed by atoms with Crippen molar-refractivity contribution in [1.29, 1.82) is 0 Å². The van der Waals surface area contributed by atoms with Gasteiger partial charge in [0, 0.05) is 6.54 Å². The van der Waals surface area contributed by atoms with Crippen LogP contribution in [0, 0.1) is 0 Å². The molecule has 4 nitrogen and oxygen atoms in total. The van der Waals surface area contributed by atoms with Crippen LogP contribution in [-0.4, -0.2) is 17.9 Å². The summed E-state index contributed by atoms with van der Waals surface area (Å²) in [5.41, 5.74) is 1.93. The monoisotopic (exact) mass is 310 g/mol. The Labute approximate surface area is 124 Å². The summed E-state index contributed by atoms with van der Waals surface area (Å²) in [5.74, 6) is 1.04. The fourth-order valence-electron chi connectivity index (χ4n) is 2.17. The maximum absolute atomic E-state index is 12.1. The Bertz CT molecular complexity index is 657. The van der Waals surface area contributed by atoms with Crippen LogP contribution in [0.5, 0.6) is 11.5 Å². The van der Waals surface area contributed by atoms with Crippen LogP contribution in [0.4, 0.5) is 19.0 Å². The van der Waals surface area contributed by atoms with E-state index in [0.29, 0.717) is 5.75 Å². The number of nitrogens with one attached hydrogen (secondary N) is 1. The van der Waals surface area contributed by atoms with Crippen LogP contribution in [0.2, 0.25) is 0 Å². The van der Waals surface area contributed by atoms with Crippen molar-refractivity contribution in [2.24, 2.45) is 0 Å². The van der Waals surface area contributed by atoms with Gasteiger partial charge in [0.1, 0.15) is 23.9 Å². The molecule has 0 saturated carbocycles. The van der Waals surface area contributed by atoms with Crippen LogP contribution in [-0.2, 0) is 13.0 Å². The minimum absolute atomic E-state index is 0.244. The van der Waals surface area contributed by atoms with Crippen LogP contribution in [0.25, 0.3) is 0 Å². The Kier molecular flexibility index (Phi) is 3.79. The van der Waals surface area contributed by atoms with Crippen molar-refractivity contribution >= 4 is 5.82 Å². The first-order valence-corrected chi connectivity index (χ1v) is 6.71. The fraction of sp³-hybridized carbons (Fsp3) is 0.267. The van der Waals surface area contributed by atoms with Gasteiger partial charge in [0.25, 0.3) is 0 Å². The highest BCUT2D eigenvalue weighted by atomic mass is 19.4. The predicted octanol–water partition coefficient (Wildman–Crippen LogP) is 3.53. The van der Waals surface area contributed by atoms with Crippen LogP contribution in [0.15, 0.2) is 36.4 Å². The molecule has 7 heteroatoms. The van der Waals surface area contributed by atoms with Gasteiger partial charge in [-0.15, -0.1) is 13.2 Å². The molecule has 22 heavy (non-hydrogen) atoms. The molecule has 0 atom stereocenters. The topological polar surface area (TPSA) is 43.4 Å². The number of fused-ring (bicyclic) bond motifs is 1. The molecule has 0 radical (unpaired) electrons. The first-order valence-electron chi connectivity index (χ1n) is 6.71. The number of anilines is 1. The third-order valence-electron chi connectivity index (χ3n) is 3.17. The summed E-state index contributed by atoms with van der Waals surface area (Å²) < 4.78 is 45.5. The Morgan fingerprint density at radius 1 is 1.05 bits per heavy atom. The first kappa shape index (κ1) is 14.5. The largest absolute Gasteiger partial charge is 0.573 e. The Balaban J connectivity index is 1.59. The Morgan fingerprint density at radius 3 is 2.50 bits per heavy atom. The SMILES string of the molecule is FC(F)(F)Oc1ccc(OCc2ccc3c(n2)NCC3)cc1. The van der Waals surface area contributed by atoms with Gasteiger partial charge in [0.15, 0.2) is 0 Å². The van der Waals surface area contributed by atoms with Gasteiger partial charge in [-0.3, -0.25) is 0 Å². The molecular formula is C15H13F3N2O2. The molecule has 3 rings (SSSR count). The van der Waals surface area contributed by atoms with Crippen LogP contribution >= 0.6 is 0 Å². The first-order chi connectivity index (χ1) is 10.5. The average molecular weight is 310 g/mol. The van der Waals surface area contributed by atoms with E-state index in [1.807, 2.05) is 12.1 Å². The molecule has 116 valence electrons. The van der Waals surface area contributed by atoms with E-state index in [4.69, 9.17) is 4.74 Å². The molecule has 2 heterocycles. The number of alkyl halides is 3. The third-order valence-corrected chi connectivity index (χ3v) is 3.17. The summed E-state index contributed by atoms with van der Waals surface area (Å²) in [5, 5.41) is 3.18. The highest BCUT2D eigenvalue weighted by molar-refractivity contribution is 5.49. The van der Waals surface area contributed by atoms with E-state index >= 15 is 0 Å². The number of halogens is 3. The maximum Gasteiger partial charge on any atom is 0.573 e. The second-order valence-electron chi connectivity index (χ2n) is 4.79. The molecule has 1 N–H and O–H groups in total. The van der Waals surface area contributed by atoms with Gasteiger partial charge >= 0.3 is 6.36 Å². The molecule has 0 unspecified atom stereocenters. The molecule has 0 bridgehead atoms. The average Bonchev–Trinajstić information content (AvgIpc) is 2.92. The maximum atomic E-state index is 12.1. The lowest BCUT2D eigenvalue weighted by Crippen LogP contribution is -2.16. The van der Waals surface area contributed by atoms with E-state index in [1.165, 1.54) is 29.8 Å². The van der Waals surface area contributed by atoms with E-state index < -0.39 is 6.36 Å². The predicted molar refractivity (Wildman–Crippen MR) is 73.9 cm³/mol. The van der Waals surface area contributed by atoms with Gasteiger partial charge in [0.05, 0.1) is 5.69 Å². The van der Waals surface area contributed by atoms with Gasteiger partial charge in [0.2, 0.25) is 0 Å². The van der Waals surface area contributed by atoms with E-state index in [0.717, 1.165) is 24.5 Å². The van der Waals surface area contributed by atoms with Crippen molar-refractivity contribution in [1.82, 2.24) is 4.98 Å². The Morgan fingerprint density at radius 2 is 1.77 bits per heavy atom. The Hall–Kier alpha value is -2.44.